The Kier molecular flexibility index (Phi) is 2.14. The van der Waals surface area contributed by atoms with Crippen molar-refractivity contribution in [1.82, 2.24) is 9.78 Å². The van der Waals surface area contributed by atoms with E-state index in [-0.39, 0.29) is 0 Å². The van der Waals surface area contributed by atoms with Crippen molar-refractivity contribution in [3.63, 3.8) is 0 Å². The number of nitrogens with two attached hydrogens (primary N) is 1. The molecule has 0 aliphatic heterocycles. The van der Waals surface area contributed by atoms with E-state index >= 15 is 0 Å². The molecule has 2 aromatic rings. The Morgan fingerprint density at radius 3 is 2.53 bits per heavy atom. The van der Waals surface area contributed by atoms with Gasteiger partial charge < -0.3 is 5.73 Å². The highest BCUT2D eigenvalue weighted by atomic mass is 15.3. The number of aromatic nitrogens is 2. The van der Waals surface area contributed by atoms with Crippen LogP contribution in [0.1, 0.15) is 11.3 Å². The number of nitrogens with zero attached hydrogens (tertiary/aromatic N) is 3. The highest BCUT2D eigenvalue weighted by Gasteiger charge is 2.12. The molecule has 0 saturated carbocycles. The number of hydrogen-bond acceptors (Lipinski definition) is 3. The molecular formula is C11H10N4. The van der Waals surface area contributed by atoms with Gasteiger partial charge in [0.2, 0.25) is 0 Å². The lowest BCUT2D eigenvalue weighted by molar-refractivity contribution is 0.872. The number of rotatable bonds is 1. The van der Waals surface area contributed by atoms with Gasteiger partial charge in [-0.05, 0) is 19.1 Å². The standard InChI is InChI=1S/C11H10N4/c1-8-10(7-12)11(13)15(14-8)9-5-3-2-4-6-9/h2-6H,13H2,1H3. The fourth-order valence-electron chi connectivity index (χ4n) is 1.45. The van der Waals surface area contributed by atoms with Gasteiger partial charge in [0.15, 0.2) is 0 Å². The van der Waals surface area contributed by atoms with Crippen molar-refractivity contribution in [3.05, 3.63) is 41.6 Å². The predicted molar refractivity (Wildman–Crippen MR) is 57.4 cm³/mol. The Morgan fingerprint density at radius 1 is 1.33 bits per heavy atom. The molecule has 0 radical (unpaired) electrons. The third-order valence-corrected chi connectivity index (χ3v) is 2.21. The minimum atomic E-state index is 0.390. The van der Waals surface area contributed by atoms with Crippen molar-refractivity contribution >= 4 is 5.82 Å². The molecule has 4 nitrogen and oxygen atoms in total. The van der Waals surface area contributed by atoms with Gasteiger partial charge in [-0.3, -0.25) is 0 Å². The molecule has 2 rings (SSSR count). The van der Waals surface area contributed by atoms with Crippen LogP contribution in [0.3, 0.4) is 0 Å². The molecule has 4 heteroatoms. The van der Waals surface area contributed by atoms with E-state index in [0.717, 1.165) is 5.69 Å². The first kappa shape index (κ1) is 9.28. The summed E-state index contributed by atoms with van der Waals surface area (Å²) >= 11 is 0. The zero-order valence-corrected chi connectivity index (χ0v) is 8.31. The van der Waals surface area contributed by atoms with Gasteiger partial charge in [-0.2, -0.15) is 10.4 Å². The molecule has 0 fully saturated rings. The van der Waals surface area contributed by atoms with Crippen LogP contribution in [0.4, 0.5) is 5.82 Å². The Bertz CT molecular complexity index is 520. The second-order valence-corrected chi connectivity index (χ2v) is 3.20. The first-order valence-corrected chi connectivity index (χ1v) is 4.54. The van der Waals surface area contributed by atoms with Crippen molar-refractivity contribution in [1.29, 1.82) is 5.26 Å². The van der Waals surface area contributed by atoms with E-state index in [2.05, 4.69) is 5.10 Å². The Morgan fingerprint density at radius 2 is 2.00 bits per heavy atom. The van der Waals surface area contributed by atoms with Gasteiger partial charge >= 0.3 is 0 Å². The summed E-state index contributed by atoms with van der Waals surface area (Å²) in [6.45, 7) is 1.77. The molecule has 0 unspecified atom stereocenters. The number of anilines is 1. The molecule has 1 heterocycles. The summed E-state index contributed by atoms with van der Waals surface area (Å²) in [7, 11) is 0. The van der Waals surface area contributed by atoms with Crippen LogP contribution in [0.2, 0.25) is 0 Å². The first-order valence-electron chi connectivity index (χ1n) is 4.54. The van der Waals surface area contributed by atoms with Crippen molar-refractivity contribution in [2.75, 3.05) is 5.73 Å². The lowest BCUT2D eigenvalue weighted by Crippen LogP contribution is -2.01. The summed E-state index contributed by atoms with van der Waals surface area (Å²) in [5.41, 5.74) is 7.78. The van der Waals surface area contributed by atoms with E-state index in [4.69, 9.17) is 11.0 Å². The summed E-state index contributed by atoms with van der Waals surface area (Å²) in [6, 6.07) is 11.6. The van der Waals surface area contributed by atoms with Gasteiger partial charge in [0, 0.05) is 0 Å². The third-order valence-electron chi connectivity index (χ3n) is 2.21. The minimum absolute atomic E-state index is 0.390. The van der Waals surface area contributed by atoms with E-state index in [1.54, 1.807) is 11.6 Å². The van der Waals surface area contributed by atoms with Crippen LogP contribution in [0.25, 0.3) is 5.69 Å². The summed E-state index contributed by atoms with van der Waals surface area (Å²) in [5, 5.41) is 13.1. The van der Waals surface area contributed by atoms with Crippen LogP contribution in [0.5, 0.6) is 0 Å². The lowest BCUT2D eigenvalue weighted by atomic mass is 10.2. The molecule has 0 amide bonds. The Hall–Kier alpha value is -2.28. The van der Waals surface area contributed by atoms with Gasteiger partial charge in [0.1, 0.15) is 17.5 Å². The van der Waals surface area contributed by atoms with Gasteiger partial charge in [-0.1, -0.05) is 18.2 Å². The van der Waals surface area contributed by atoms with Crippen molar-refractivity contribution in [2.45, 2.75) is 6.92 Å². The maximum atomic E-state index is 8.88. The third kappa shape index (κ3) is 1.44. The summed E-state index contributed by atoms with van der Waals surface area (Å²) in [5.74, 6) is 0.390. The monoisotopic (exact) mass is 198 g/mol. The molecule has 0 atom stereocenters. The van der Waals surface area contributed by atoms with Gasteiger partial charge in [0.05, 0.1) is 11.4 Å². The quantitative estimate of drug-likeness (QED) is 0.757. The van der Waals surface area contributed by atoms with E-state index in [0.29, 0.717) is 17.1 Å². The van der Waals surface area contributed by atoms with Crippen molar-refractivity contribution in [3.8, 4) is 11.8 Å². The number of benzene rings is 1. The smallest absolute Gasteiger partial charge is 0.145 e. The fraction of sp³-hybridized carbons (Fsp3) is 0.0909. The molecule has 2 N–H and O–H groups in total. The molecule has 0 aliphatic rings. The number of nitriles is 1. The van der Waals surface area contributed by atoms with Crippen molar-refractivity contribution in [2.24, 2.45) is 0 Å². The summed E-state index contributed by atoms with van der Waals surface area (Å²) in [4.78, 5) is 0. The highest BCUT2D eigenvalue weighted by molar-refractivity contribution is 5.55. The lowest BCUT2D eigenvalue weighted by Gasteiger charge is -2.02. The molecule has 15 heavy (non-hydrogen) atoms. The number of aryl methyl sites for hydroxylation is 1. The zero-order chi connectivity index (χ0) is 10.8. The first-order chi connectivity index (χ1) is 7.24. The SMILES string of the molecule is Cc1nn(-c2ccccc2)c(N)c1C#N. The van der Waals surface area contributed by atoms with Crippen LogP contribution >= 0.6 is 0 Å². The molecule has 0 saturated heterocycles. The van der Waals surface area contributed by atoms with E-state index in [9.17, 15) is 0 Å². The zero-order valence-electron chi connectivity index (χ0n) is 8.31. The second kappa shape index (κ2) is 3.46. The highest BCUT2D eigenvalue weighted by Crippen LogP contribution is 2.19. The molecule has 0 bridgehead atoms. The summed E-state index contributed by atoms with van der Waals surface area (Å²) in [6.07, 6.45) is 0. The van der Waals surface area contributed by atoms with Crippen LogP contribution in [-0.2, 0) is 0 Å². The molecule has 0 aliphatic carbocycles. The molecule has 0 spiro atoms. The molecular weight excluding hydrogens is 188 g/mol. The van der Waals surface area contributed by atoms with Crippen LogP contribution in [-0.4, -0.2) is 9.78 Å². The number of nitrogen functional groups attached to an aromatic ring is 1. The normalized spacial score (nSPS) is 9.87. The maximum Gasteiger partial charge on any atom is 0.145 e. The van der Waals surface area contributed by atoms with Crippen LogP contribution < -0.4 is 5.73 Å². The molecule has 74 valence electrons. The Balaban J connectivity index is 2.62. The molecule has 1 aromatic carbocycles. The second-order valence-electron chi connectivity index (χ2n) is 3.20. The maximum absolute atomic E-state index is 8.88. The van der Waals surface area contributed by atoms with Crippen LogP contribution in [0, 0.1) is 18.3 Å². The number of hydrogen-bond donors (Lipinski definition) is 1. The average molecular weight is 198 g/mol. The van der Waals surface area contributed by atoms with Gasteiger partial charge in [-0.25, -0.2) is 4.68 Å². The minimum Gasteiger partial charge on any atom is -0.382 e. The topological polar surface area (TPSA) is 67.6 Å². The molecule has 1 aromatic heterocycles. The predicted octanol–water partition coefficient (Wildman–Crippen LogP) is 1.63. The van der Waals surface area contributed by atoms with E-state index in [1.807, 2.05) is 36.4 Å². The van der Waals surface area contributed by atoms with Gasteiger partial charge in [0.25, 0.3) is 0 Å². The number of para-hydroxylation sites is 1. The largest absolute Gasteiger partial charge is 0.382 e. The summed E-state index contributed by atoms with van der Waals surface area (Å²) < 4.78 is 1.58. The van der Waals surface area contributed by atoms with E-state index in [1.165, 1.54) is 0 Å². The fourth-order valence-corrected chi connectivity index (χ4v) is 1.45. The van der Waals surface area contributed by atoms with Crippen LogP contribution in [0.15, 0.2) is 30.3 Å². The van der Waals surface area contributed by atoms with Gasteiger partial charge in [-0.15, -0.1) is 0 Å². The Labute approximate surface area is 87.6 Å². The average Bonchev–Trinajstić information content (AvgIpc) is 2.55. The van der Waals surface area contributed by atoms with Crippen molar-refractivity contribution < 1.29 is 0 Å². The van der Waals surface area contributed by atoms with E-state index < -0.39 is 0 Å².